The predicted molar refractivity (Wildman–Crippen MR) is 103 cm³/mol. The first-order valence-corrected chi connectivity index (χ1v) is 9.53. The monoisotopic (exact) mass is 418 g/mol. The molecule has 0 radical (unpaired) electrons. The molecule has 26 heavy (non-hydrogen) atoms. The number of hydrogen-bond donors (Lipinski definition) is 2. The van der Waals surface area contributed by atoms with Gasteiger partial charge in [-0.25, -0.2) is 0 Å². The van der Waals surface area contributed by atoms with E-state index in [9.17, 15) is 9.59 Å². The number of rotatable bonds is 9. The molecule has 2 amide bonds. The molecule has 138 valence electrons. The lowest BCUT2D eigenvalue weighted by Crippen LogP contribution is -2.31. The van der Waals surface area contributed by atoms with Crippen molar-refractivity contribution in [1.82, 2.24) is 15.5 Å². The van der Waals surface area contributed by atoms with Crippen molar-refractivity contribution in [2.75, 3.05) is 26.2 Å². The molecule has 0 saturated carbocycles. The Morgan fingerprint density at radius 3 is 2.73 bits per heavy atom. The van der Waals surface area contributed by atoms with Gasteiger partial charge < -0.3 is 15.5 Å². The summed E-state index contributed by atoms with van der Waals surface area (Å²) in [6.07, 6.45) is 4.48. The van der Waals surface area contributed by atoms with Crippen molar-refractivity contribution in [3.8, 4) is 6.07 Å². The summed E-state index contributed by atoms with van der Waals surface area (Å²) in [5.74, 6) is -0.208. The van der Waals surface area contributed by atoms with E-state index in [1.54, 1.807) is 0 Å². The summed E-state index contributed by atoms with van der Waals surface area (Å²) >= 11 is 3.39. The maximum atomic E-state index is 12.0. The van der Waals surface area contributed by atoms with Gasteiger partial charge in [0.15, 0.2) is 0 Å². The number of nitrogens with one attached hydrogen (secondary N) is 2. The van der Waals surface area contributed by atoms with Crippen molar-refractivity contribution in [1.29, 1.82) is 5.26 Å². The van der Waals surface area contributed by atoms with E-state index in [0.717, 1.165) is 23.9 Å². The van der Waals surface area contributed by atoms with Gasteiger partial charge in [0.1, 0.15) is 11.6 Å². The molecular weight excluding hydrogens is 396 g/mol. The van der Waals surface area contributed by atoms with Crippen LogP contribution in [-0.2, 0) is 16.0 Å². The van der Waals surface area contributed by atoms with E-state index in [1.807, 2.05) is 35.2 Å². The molecule has 1 saturated heterocycles. The number of carbonyl (C=O) groups excluding carboxylic acids is 2. The van der Waals surface area contributed by atoms with Gasteiger partial charge >= 0.3 is 0 Å². The van der Waals surface area contributed by atoms with Gasteiger partial charge in [-0.15, -0.1) is 0 Å². The molecule has 1 aliphatic rings. The van der Waals surface area contributed by atoms with Crippen molar-refractivity contribution >= 4 is 27.7 Å². The Kier molecular flexibility index (Phi) is 8.16. The molecule has 1 heterocycles. The number of carbonyl (C=O) groups is 2. The van der Waals surface area contributed by atoms with Crippen molar-refractivity contribution in [2.24, 2.45) is 0 Å². The molecule has 0 bridgehead atoms. The van der Waals surface area contributed by atoms with Crippen molar-refractivity contribution in [3.05, 3.63) is 46.1 Å². The van der Waals surface area contributed by atoms with Crippen LogP contribution in [0.5, 0.6) is 0 Å². The van der Waals surface area contributed by atoms with Crippen LogP contribution in [0.2, 0.25) is 0 Å². The van der Waals surface area contributed by atoms with E-state index in [4.69, 9.17) is 5.26 Å². The first kappa shape index (κ1) is 20.0. The Balaban J connectivity index is 1.66. The van der Waals surface area contributed by atoms with Gasteiger partial charge in [0.2, 0.25) is 5.91 Å². The molecule has 2 rings (SSSR count). The number of nitrogens with zero attached hydrogens (tertiary/aromatic N) is 2. The second-order valence-electron chi connectivity index (χ2n) is 6.09. The van der Waals surface area contributed by atoms with Gasteiger partial charge in [0.25, 0.3) is 5.91 Å². The molecule has 0 spiro atoms. The van der Waals surface area contributed by atoms with Gasteiger partial charge in [0.05, 0.1) is 0 Å². The maximum Gasteiger partial charge on any atom is 0.263 e. The van der Waals surface area contributed by atoms with Crippen molar-refractivity contribution in [2.45, 2.75) is 25.7 Å². The van der Waals surface area contributed by atoms with Crippen molar-refractivity contribution in [3.63, 3.8) is 0 Å². The van der Waals surface area contributed by atoms with Gasteiger partial charge in [-0.05, 0) is 37.0 Å². The Morgan fingerprint density at radius 2 is 2.08 bits per heavy atom. The smallest absolute Gasteiger partial charge is 0.263 e. The van der Waals surface area contributed by atoms with E-state index in [-0.39, 0.29) is 11.5 Å². The molecule has 1 aromatic rings. The number of nitriles is 1. The van der Waals surface area contributed by atoms with Crippen LogP contribution in [0.4, 0.5) is 0 Å². The Labute approximate surface area is 162 Å². The molecule has 2 N–H and O–H groups in total. The van der Waals surface area contributed by atoms with E-state index in [0.29, 0.717) is 32.5 Å². The molecule has 0 atom stereocenters. The first-order valence-electron chi connectivity index (χ1n) is 8.74. The highest BCUT2D eigenvalue weighted by molar-refractivity contribution is 9.10. The lowest BCUT2D eigenvalue weighted by molar-refractivity contribution is -0.127. The fourth-order valence-corrected chi connectivity index (χ4v) is 2.96. The van der Waals surface area contributed by atoms with Crippen LogP contribution in [-0.4, -0.2) is 42.9 Å². The molecule has 6 nitrogen and oxygen atoms in total. The predicted octanol–water partition coefficient (Wildman–Crippen LogP) is 2.12. The fraction of sp³-hybridized carbons (Fsp3) is 0.421. The minimum Gasteiger partial charge on any atom is -0.389 e. The number of benzene rings is 1. The standard InChI is InChI=1S/C19H23BrN4O2/c20-17-6-4-15(5-7-17)8-10-22-14-16(13-21)19(26)23-9-2-12-24-11-1-3-18(24)25/h4-7,14,22H,1-3,8-12H2,(H,23,26)/b16-14-. The van der Waals surface area contributed by atoms with Gasteiger partial charge in [0, 0.05) is 43.3 Å². The number of amides is 2. The summed E-state index contributed by atoms with van der Waals surface area (Å²) in [5.41, 5.74) is 1.23. The fourth-order valence-electron chi connectivity index (χ4n) is 2.70. The first-order chi connectivity index (χ1) is 12.6. The molecule has 1 aliphatic heterocycles. The lowest BCUT2D eigenvalue weighted by atomic mass is 10.1. The van der Waals surface area contributed by atoms with Crippen LogP contribution >= 0.6 is 15.9 Å². The van der Waals surface area contributed by atoms with Crippen LogP contribution in [0.1, 0.15) is 24.8 Å². The van der Waals surface area contributed by atoms with E-state index in [1.165, 1.54) is 11.8 Å². The summed E-state index contributed by atoms with van der Waals surface area (Å²) in [5, 5.41) is 14.9. The van der Waals surface area contributed by atoms with Gasteiger partial charge in [-0.2, -0.15) is 5.26 Å². The second kappa shape index (κ2) is 10.6. The normalized spacial score (nSPS) is 14.2. The van der Waals surface area contributed by atoms with Crippen LogP contribution in [0.25, 0.3) is 0 Å². The van der Waals surface area contributed by atoms with Crippen molar-refractivity contribution < 1.29 is 9.59 Å². The lowest BCUT2D eigenvalue weighted by Gasteiger charge is -2.15. The molecule has 1 aromatic carbocycles. The maximum absolute atomic E-state index is 12.0. The zero-order valence-corrected chi connectivity index (χ0v) is 16.2. The second-order valence-corrected chi connectivity index (χ2v) is 7.01. The molecule has 1 fully saturated rings. The third-order valence-corrected chi connectivity index (χ3v) is 4.67. The Hall–Kier alpha value is -2.33. The highest BCUT2D eigenvalue weighted by Gasteiger charge is 2.19. The van der Waals surface area contributed by atoms with E-state index >= 15 is 0 Å². The average Bonchev–Trinajstić information content (AvgIpc) is 3.05. The van der Waals surface area contributed by atoms with E-state index in [2.05, 4.69) is 26.6 Å². The zero-order chi connectivity index (χ0) is 18.8. The molecule has 0 unspecified atom stereocenters. The summed E-state index contributed by atoms with van der Waals surface area (Å²) in [6.45, 7) is 2.53. The molecular formula is C19H23BrN4O2. The molecule has 0 aromatic heterocycles. The quantitative estimate of drug-likeness (QED) is 0.365. The topological polar surface area (TPSA) is 85.2 Å². The van der Waals surface area contributed by atoms with Crippen LogP contribution in [0, 0.1) is 11.3 Å². The molecule has 7 heteroatoms. The minimum absolute atomic E-state index is 0.0538. The molecule has 0 aliphatic carbocycles. The summed E-state index contributed by atoms with van der Waals surface area (Å²) in [4.78, 5) is 25.3. The summed E-state index contributed by atoms with van der Waals surface area (Å²) in [6, 6.07) is 9.93. The Morgan fingerprint density at radius 1 is 1.31 bits per heavy atom. The Bertz CT molecular complexity index is 694. The van der Waals surface area contributed by atoms with Gasteiger partial charge in [-0.3, -0.25) is 9.59 Å². The average molecular weight is 419 g/mol. The number of halogens is 1. The van der Waals surface area contributed by atoms with Crippen LogP contribution in [0.15, 0.2) is 40.5 Å². The highest BCUT2D eigenvalue weighted by atomic mass is 79.9. The SMILES string of the molecule is N#C/C(=C/NCCc1ccc(Br)cc1)C(=O)NCCCN1CCCC1=O. The largest absolute Gasteiger partial charge is 0.389 e. The zero-order valence-electron chi connectivity index (χ0n) is 14.6. The number of hydrogen-bond acceptors (Lipinski definition) is 4. The van der Waals surface area contributed by atoms with Gasteiger partial charge in [-0.1, -0.05) is 28.1 Å². The number of likely N-dealkylation sites (tertiary alicyclic amines) is 1. The van der Waals surface area contributed by atoms with Crippen LogP contribution in [0.3, 0.4) is 0 Å². The highest BCUT2D eigenvalue weighted by Crippen LogP contribution is 2.11. The minimum atomic E-state index is -0.392. The third-order valence-electron chi connectivity index (χ3n) is 4.14. The summed E-state index contributed by atoms with van der Waals surface area (Å²) < 4.78 is 1.03. The van der Waals surface area contributed by atoms with Crippen LogP contribution < -0.4 is 10.6 Å². The van der Waals surface area contributed by atoms with E-state index < -0.39 is 5.91 Å². The third kappa shape index (κ3) is 6.52. The summed E-state index contributed by atoms with van der Waals surface area (Å²) in [7, 11) is 0.